The van der Waals surface area contributed by atoms with E-state index in [4.69, 9.17) is 0 Å². The van der Waals surface area contributed by atoms with Gasteiger partial charge in [0.15, 0.2) is 0 Å². The molecule has 4 nitrogen and oxygen atoms in total. The molecule has 0 aromatic heterocycles. The first-order valence-corrected chi connectivity index (χ1v) is 10.7. The van der Waals surface area contributed by atoms with Crippen LogP contribution in [0, 0.1) is 17.3 Å². The van der Waals surface area contributed by atoms with Crippen molar-refractivity contribution in [3.63, 3.8) is 0 Å². The summed E-state index contributed by atoms with van der Waals surface area (Å²) in [6.07, 6.45) is 9.09. The van der Waals surface area contributed by atoms with Gasteiger partial charge in [-0.05, 0) is 55.8 Å². The summed E-state index contributed by atoms with van der Waals surface area (Å²) in [5, 5.41) is 2.79. The highest BCUT2D eigenvalue weighted by atomic mass is 79.9. The molecule has 4 rings (SSSR count). The zero-order valence-corrected chi connectivity index (χ0v) is 14.9. The molecule has 0 heterocycles. The topological polar surface area (TPSA) is 63.2 Å². The summed E-state index contributed by atoms with van der Waals surface area (Å²) in [5.41, 5.74) is 0.156. The summed E-state index contributed by atoms with van der Waals surface area (Å²) in [4.78, 5) is 12.2. The lowest BCUT2D eigenvalue weighted by Gasteiger charge is -2.60. The molecular weight excluding hydrogens is 354 g/mol. The molecular formula is C15H24BrNO3S. The Hall–Kier alpha value is -0.100. The third-order valence-electron chi connectivity index (χ3n) is 5.44. The van der Waals surface area contributed by atoms with Crippen molar-refractivity contribution in [2.24, 2.45) is 17.3 Å². The van der Waals surface area contributed by atoms with Gasteiger partial charge >= 0.3 is 0 Å². The Balaban J connectivity index is 1.58. The lowest BCUT2D eigenvalue weighted by Crippen LogP contribution is -2.54. The summed E-state index contributed by atoms with van der Waals surface area (Å²) in [6, 6.07) is 0. The third-order valence-corrected chi connectivity index (χ3v) is 7.31. The zero-order valence-electron chi connectivity index (χ0n) is 12.5. The number of hydrogen-bond acceptors (Lipinski definition) is 3. The maximum atomic E-state index is 12.2. The number of hydrogen-bond donors (Lipinski definition) is 1. The van der Waals surface area contributed by atoms with Crippen LogP contribution in [0.4, 0.5) is 0 Å². The van der Waals surface area contributed by atoms with Gasteiger partial charge in [0.05, 0.1) is 5.75 Å². The molecule has 0 aromatic carbocycles. The van der Waals surface area contributed by atoms with Crippen molar-refractivity contribution >= 4 is 31.7 Å². The SMILES string of the molecule is CS(=O)(=O)CCNC(=O)CC12C[C@H]3C[C@@H](CC(Br)(C3)C1)C2. The molecule has 4 saturated carbocycles. The lowest BCUT2D eigenvalue weighted by atomic mass is 9.48. The average Bonchev–Trinajstić information content (AvgIpc) is 2.21. The van der Waals surface area contributed by atoms with Gasteiger partial charge in [0.25, 0.3) is 0 Å². The summed E-state index contributed by atoms with van der Waals surface area (Å²) < 4.78 is 22.5. The molecule has 6 heteroatoms. The van der Waals surface area contributed by atoms with Crippen molar-refractivity contribution < 1.29 is 13.2 Å². The Morgan fingerprint density at radius 2 is 1.86 bits per heavy atom. The van der Waals surface area contributed by atoms with Crippen molar-refractivity contribution in [2.75, 3.05) is 18.6 Å². The zero-order chi connectivity index (χ0) is 15.3. The van der Waals surface area contributed by atoms with Gasteiger partial charge in [-0.25, -0.2) is 8.42 Å². The highest BCUT2D eigenvalue weighted by Crippen LogP contribution is 2.65. The highest BCUT2D eigenvalue weighted by molar-refractivity contribution is 9.10. The van der Waals surface area contributed by atoms with E-state index in [0.717, 1.165) is 18.3 Å². The number of carbonyl (C=O) groups is 1. The van der Waals surface area contributed by atoms with Crippen molar-refractivity contribution in [3.05, 3.63) is 0 Å². The van der Waals surface area contributed by atoms with Gasteiger partial charge in [0, 0.05) is 23.5 Å². The second kappa shape index (κ2) is 5.22. The monoisotopic (exact) mass is 377 g/mol. The van der Waals surface area contributed by atoms with E-state index < -0.39 is 9.84 Å². The quantitative estimate of drug-likeness (QED) is 0.747. The number of rotatable bonds is 5. The van der Waals surface area contributed by atoms with Gasteiger partial charge in [-0.3, -0.25) is 4.79 Å². The van der Waals surface area contributed by atoms with Crippen molar-refractivity contribution in [3.8, 4) is 0 Å². The molecule has 0 aliphatic heterocycles. The average molecular weight is 378 g/mol. The molecule has 0 aromatic rings. The van der Waals surface area contributed by atoms with Gasteiger partial charge in [-0.15, -0.1) is 0 Å². The Labute approximate surface area is 135 Å². The fourth-order valence-electron chi connectivity index (χ4n) is 5.32. The molecule has 0 radical (unpaired) electrons. The minimum Gasteiger partial charge on any atom is -0.355 e. The minimum atomic E-state index is -3.01. The molecule has 120 valence electrons. The van der Waals surface area contributed by atoms with Gasteiger partial charge in [0.2, 0.25) is 5.91 Å². The van der Waals surface area contributed by atoms with Gasteiger partial charge in [-0.2, -0.15) is 0 Å². The summed E-state index contributed by atoms with van der Waals surface area (Å²) in [7, 11) is -3.01. The Morgan fingerprint density at radius 1 is 1.24 bits per heavy atom. The van der Waals surface area contributed by atoms with Crippen LogP contribution in [-0.2, 0) is 14.6 Å². The fourth-order valence-corrected chi connectivity index (χ4v) is 7.30. The van der Waals surface area contributed by atoms with Crippen LogP contribution in [0.15, 0.2) is 0 Å². The van der Waals surface area contributed by atoms with Gasteiger partial charge < -0.3 is 5.32 Å². The number of alkyl halides is 1. The van der Waals surface area contributed by atoms with E-state index in [-0.39, 0.29) is 27.9 Å². The molecule has 1 amide bonds. The van der Waals surface area contributed by atoms with E-state index in [1.54, 1.807) is 0 Å². The maximum Gasteiger partial charge on any atom is 0.220 e. The number of halogens is 1. The van der Waals surface area contributed by atoms with Gasteiger partial charge in [0.1, 0.15) is 9.84 Å². The van der Waals surface area contributed by atoms with Crippen LogP contribution in [0.3, 0.4) is 0 Å². The van der Waals surface area contributed by atoms with E-state index in [9.17, 15) is 13.2 Å². The summed E-state index contributed by atoms with van der Waals surface area (Å²) in [5.74, 6) is 1.60. The predicted octanol–water partition coefficient (Wildman–Crippen LogP) is 2.27. The lowest BCUT2D eigenvalue weighted by molar-refractivity contribution is -0.128. The Bertz CT molecular complexity index is 531. The molecule has 4 aliphatic carbocycles. The largest absolute Gasteiger partial charge is 0.355 e. The molecule has 4 bridgehead atoms. The predicted molar refractivity (Wildman–Crippen MR) is 86.1 cm³/mol. The van der Waals surface area contributed by atoms with Crippen molar-refractivity contribution in [1.29, 1.82) is 0 Å². The second-order valence-electron chi connectivity index (χ2n) is 7.77. The van der Waals surface area contributed by atoms with Crippen LogP contribution in [0.2, 0.25) is 0 Å². The van der Waals surface area contributed by atoms with Crippen molar-refractivity contribution in [1.82, 2.24) is 5.32 Å². The Morgan fingerprint density at radius 3 is 2.38 bits per heavy atom. The molecule has 4 aliphatic rings. The smallest absolute Gasteiger partial charge is 0.220 e. The van der Waals surface area contributed by atoms with Crippen LogP contribution in [0.1, 0.15) is 44.9 Å². The summed E-state index contributed by atoms with van der Waals surface area (Å²) in [6.45, 7) is 0.236. The van der Waals surface area contributed by atoms with Crippen LogP contribution in [0.25, 0.3) is 0 Å². The molecule has 21 heavy (non-hydrogen) atoms. The third kappa shape index (κ3) is 3.63. The molecule has 4 fully saturated rings. The van der Waals surface area contributed by atoms with E-state index in [1.807, 2.05) is 0 Å². The molecule has 0 spiro atoms. The number of sulfone groups is 1. The molecule has 0 unspecified atom stereocenters. The number of carbonyl (C=O) groups excluding carboxylic acids is 1. The molecule has 2 atom stereocenters. The molecule has 1 N–H and O–H groups in total. The van der Waals surface area contributed by atoms with Crippen LogP contribution in [0.5, 0.6) is 0 Å². The number of amides is 1. The summed E-state index contributed by atoms with van der Waals surface area (Å²) >= 11 is 3.95. The van der Waals surface area contributed by atoms with Crippen LogP contribution in [-0.4, -0.2) is 37.2 Å². The Kier molecular flexibility index (Phi) is 3.92. The van der Waals surface area contributed by atoms with Crippen molar-refractivity contribution in [2.45, 2.75) is 49.3 Å². The van der Waals surface area contributed by atoms with E-state index in [1.165, 1.54) is 38.4 Å². The van der Waals surface area contributed by atoms with Crippen LogP contribution >= 0.6 is 15.9 Å². The highest BCUT2D eigenvalue weighted by Gasteiger charge is 2.57. The normalized spacial score (nSPS) is 41.2. The van der Waals surface area contributed by atoms with E-state index in [2.05, 4.69) is 21.2 Å². The first-order chi connectivity index (χ1) is 9.67. The van der Waals surface area contributed by atoms with Crippen LogP contribution < -0.4 is 5.32 Å². The molecule has 0 saturated heterocycles. The van der Waals surface area contributed by atoms with E-state index >= 15 is 0 Å². The maximum absolute atomic E-state index is 12.2. The second-order valence-corrected chi connectivity index (χ2v) is 11.7. The first-order valence-electron chi connectivity index (χ1n) is 7.80. The fraction of sp³-hybridized carbons (Fsp3) is 0.933. The number of nitrogens with one attached hydrogen (secondary N) is 1. The standard InChI is InChI=1S/C15H24BrNO3S/c1-21(19,20)3-2-17-13(18)9-14-5-11-4-12(6-14)8-15(16,7-11)10-14/h11-12H,2-10H2,1H3,(H,17,18)/t11-,12-,14?,15?/m1/s1. The minimum absolute atomic E-state index is 0.0247. The first kappa shape index (κ1) is 15.8. The van der Waals surface area contributed by atoms with E-state index in [0.29, 0.717) is 6.42 Å². The van der Waals surface area contributed by atoms with Gasteiger partial charge in [-0.1, -0.05) is 15.9 Å².